The van der Waals surface area contributed by atoms with Crippen LogP contribution in [-0.4, -0.2) is 14.8 Å². The summed E-state index contributed by atoms with van der Waals surface area (Å²) in [4.78, 5) is 11.3. The third kappa shape index (κ3) is 3.15. The van der Waals surface area contributed by atoms with Gasteiger partial charge in [0.15, 0.2) is 5.82 Å². The van der Waals surface area contributed by atoms with Crippen molar-refractivity contribution < 1.29 is 4.74 Å². The number of hydrogen-bond acceptors (Lipinski definition) is 4. The Labute approximate surface area is 133 Å². The van der Waals surface area contributed by atoms with Crippen LogP contribution in [0.5, 0.6) is 5.75 Å². The van der Waals surface area contributed by atoms with Crippen molar-refractivity contribution in [2.75, 3.05) is 0 Å². The van der Waals surface area contributed by atoms with E-state index in [4.69, 9.17) is 21.6 Å². The third-order valence-electron chi connectivity index (χ3n) is 3.33. The van der Waals surface area contributed by atoms with Gasteiger partial charge < -0.3 is 4.74 Å². The van der Waals surface area contributed by atoms with Crippen LogP contribution in [0.1, 0.15) is 37.7 Å². The van der Waals surface area contributed by atoms with Gasteiger partial charge in [-0.3, -0.25) is 4.57 Å². The Kier molecular flexibility index (Phi) is 4.29. The van der Waals surface area contributed by atoms with Gasteiger partial charge in [-0.05, 0) is 11.5 Å². The van der Waals surface area contributed by atoms with Gasteiger partial charge in [-0.2, -0.15) is 10.4 Å². The molecule has 0 unspecified atom stereocenters. The molecular weight excluding hydrogens is 304 g/mol. The minimum atomic E-state index is -0.299. The van der Waals surface area contributed by atoms with Crippen LogP contribution in [0.4, 0.5) is 0 Å². The van der Waals surface area contributed by atoms with E-state index in [-0.39, 0.29) is 17.7 Å². The molecule has 2 rings (SSSR count). The molecule has 7 heteroatoms. The summed E-state index contributed by atoms with van der Waals surface area (Å²) in [6.07, 6.45) is 0. The normalized spacial score (nSPS) is 11.3. The van der Waals surface area contributed by atoms with E-state index in [1.807, 2.05) is 20.8 Å². The lowest BCUT2D eigenvalue weighted by atomic mass is 9.85. The van der Waals surface area contributed by atoms with Gasteiger partial charge in [0.1, 0.15) is 18.4 Å². The quantitative estimate of drug-likeness (QED) is 0.941. The second-order valence-electron chi connectivity index (χ2n) is 5.98. The maximum atomic E-state index is 11.3. The van der Waals surface area contributed by atoms with Crippen LogP contribution in [0.15, 0.2) is 16.9 Å². The number of nitrogens with one attached hydrogen (secondary N) is 1. The molecule has 2 aromatic rings. The summed E-state index contributed by atoms with van der Waals surface area (Å²) in [6.45, 7) is 6.19. The van der Waals surface area contributed by atoms with Gasteiger partial charge in [0, 0.05) is 18.7 Å². The molecule has 1 heterocycles. The highest BCUT2D eigenvalue weighted by atomic mass is 35.5. The first kappa shape index (κ1) is 16.1. The molecule has 0 spiro atoms. The molecule has 1 N–H and O–H groups in total. The fourth-order valence-electron chi connectivity index (χ4n) is 2.00. The predicted molar refractivity (Wildman–Crippen MR) is 83.0 cm³/mol. The van der Waals surface area contributed by atoms with Crippen molar-refractivity contribution in [2.24, 2.45) is 7.05 Å². The Morgan fingerprint density at radius 3 is 2.64 bits per heavy atom. The molecule has 0 amide bonds. The van der Waals surface area contributed by atoms with Gasteiger partial charge >= 0.3 is 5.69 Å². The fraction of sp³-hybridized carbons (Fsp3) is 0.400. The van der Waals surface area contributed by atoms with Crippen molar-refractivity contribution in [3.63, 3.8) is 0 Å². The van der Waals surface area contributed by atoms with E-state index >= 15 is 0 Å². The highest BCUT2D eigenvalue weighted by molar-refractivity contribution is 6.31. The molecule has 0 bridgehead atoms. The Hall–Kier alpha value is -2.26. The van der Waals surface area contributed by atoms with Crippen molar-refractivity contribution in [1.82, 2.24) is 14.8 Å². The van der Waals surface area contributed by atoms with Crippen LogP contribution in [-0.2, 0) is 19.1 Å². The van der Waals surface area contributed by atoms with Crippen molar-refractivity contribution >= 4 is 11.6 Å². The number of aromatic amines is 1. The van der Waals surface area contributed by atoms with Gasteiger partial charge in [0.25, 0.3) is 0 Å². The van der Waals surface area contributed by atoms with E-state index in [0.717, 1.165) is 5.56 Å². The van der Waals surface area contributed by atoms with Crippen LogP contribution < -0.4 is 10.4 Å². The van der Waals surface area contributed by atoms with Crippen LogP contribution in [0.25, 0.3) is 0 Å². The van der Waals surface area contributed by atoms with E-state index < -0.39 is 0 Å². The van der Waals surface area contributed by atoms with Crippen molar-refractivity contribution in [3.8, 4) is 11.8 Å². The lowest BCUT2D eigenvalue weighted by molar-refractivity contribution is 0.283. The zero-order valence-electron chi connectivity index (χ0n) is 12.9. The SMILES string of the molecule is Cn1c(COc2cc(Cl)c(C#N)cc2C(C)(C)C)n[nH]c1=O. The summed E-state index contributed by atoms with van der Waals surface area (Å²) in [7, 11) is 1.61. The maximum absolute atomic E-state index is 11.3. The summed E-state index contributed by atoms with van der Waals surface area (Å²) in [6, 6.07) is 5.44. The first-order chi connectivity index (χ1) is 10.2. The Morgan fingerprint density at radius 1 is 1.45 bits per heavy atom. The first-order valence-corrected chi connectivity index (χ1v) is 7.09. The van der Waals surface area contributed by atoms with Crippen LogP contribution in [0.2, 0.25) is 5.02 Å². The summed E-state index contributed by atoms with van der Waals surface area (Å²) in [5, 5.41) is 15.7. The smallest absolute Gasteiger partial charge is 0.343 e. The minimum absolute atomic E-state index is 0.126. The zero-order valence-corrected chi connectivity index (χ0v) is 13.7. The molecule has 1 aromatic heterocycles. The molecule has 0 fully saturated rings. The first-order valence-electron chi connectivity index (χ1n) is 6.71. The number of nitrogens with zero attached hydrogens (tertiary/aromatic N) is 3. The van der Waals surface area contributed by atoms with E-state index in [1.54, 1.807) is 19.2 Å². The Morgan fingerprint density at radius 2 is 2.14 bits per heavy atom. The summed E-state index contributed by atoms with van der Waals surface area (Å²) in [5.74, 6) is 1.05. The van der Waals surface area contributed by atoms with Gasteiger partial charge in [0.05, 0.1) is 10.6 Å². The Balaban J connectivity index is 2.38. The lowest BCUT2D eigenvalue weighted by Gasteiger charge is -2.23. The number of aromatic nitrogens is 3. The Bertz CT molecular complexity index is 793. The summed E-state index contributed by atoms with van der Waals surface area (Å²) < 4.78 is 7.17. The minimum Gasteiger partial charge on any atom is -0.485 e. The molecule has 0 radical (unpaired) electrons. The third-order valence-corrected chi connectivity index (χ3v) is 3.64. The predicted octanol–water partition coefficient (Wildman–Crippen LogP) is 2.51. The molecule has 116 valence electrons. The van der Waals surface area contributed by atoms with Crippen molar-refractivity contribution in [3.05, 3.63) is 44.6 Å². The molecule has 0 atom stereocenters. The second-order valence-corrected chi connectivity index (χ2v) is 6.39. The van der Waals surface area contributed by atoms with E-state index in [1.165, 1.54) is 4.57 Å². The van der Waals surface area contributed by atoms with E-state index in [9.17, 15) is 4.79 Å². The average Bonchev–Trinajstić information content (AvgIpc) is 2.75. The molecule has 0 aliphatic heterocycles. The van der Waals surface area contributed by atoms with Crippen LogP contribution >= 0.6 is 11.6 Å². The number of hydrogen-bond donors (Lipinski definition) is 1. The average molecular weight is 321 g/mol. The molecule has 0 aliphatic rings. The van der Waals surface area contributed by atoms with Gasteiger partial charge in [-0.1, -0.05) is 32.4 Å². The van der Waals surface area contributed by atoms with Crippen molar-refractivity contribution in [2.45, 2.75) is 32.8 Å². The highest BCUT2D eigenvalue weighted by Crippen LogP contribution is 2.35. The number of H-pyrrole nitrogens is 1. The largest absolute Gasteiger partial charge is 0.485 e. The van der Waals surface area contributed by atoms with Gasteiger partial charge in [0.2, 0.25) is 0 Å². The van der Waals surface area contributed by atoms with Gasteiger partial charge in [-0.15, -0.1) is 0 Å². The number of ether oxygens (including phenoxy) is 1. The standard InChI is InChI=1S/C15H17ClN4O2/c1-15(2,3)10-5-9(7-17)11(16)6-12(10)22-8-13-18-19-14(21)20(13)4/h5-6H,8H2,1-4H3,(H,19,21). The number of benzene rings is 1. The number of rotatable bonds is 3. The molecule has 0 saturated heterocycles. The lowest BCUT2D eigenvalue weighted by Crippen LogP contribution is -2.17. The summed E-state index contributed by atoms with van der Waals surface area (Å²) >= 11 is 6.09. The second kappa shape index (κ2) is 5.85. The molecule has 0 aliphatic carbocycles. The van der Waals surface area contributed by atoms with Crippen molar-refractivity contribution in [1.29, 1.82) is 5.26 Å². The molecular formula is C15H17ClN4O2. The zero-order chi connectivity index (χ0) is 16.5. The van der Waals surface area contributed by atoms with E-state index in [2.05, 4.69) is 16.3 Å². The summed E-state index contributed by atoms with van der Waals surface area (Å²) in [5.41, 5.74) is 0.760. The molecule has 1 aromatic carbocycles. The number of nitriles is 1. The number of halogens is 1. The monoisotopic (exact) mass is 320 g/mol. The van der Waals surface area contributed by atoms with E-state index in [0.29, 0.717) is 22.2 Å². The highest BCUT2D eigenvalue weighted by Gasteiger charge is 2.22. The maximum Gasteiger partial charge on any atom is 0.343 e. The topological polar surface area (TPSA) is 83.7 Å². The molecule has 6 nitrogen and oxygen atoms in total. The molecule has 22 heavy (non-hydrogen) atoms. The van der Waals surface area contributed by atoms with Crippen LogP contribution in [0.3, 0.4) is 0 Å². The fourth-order valence-corrected chi connectivity index (χ4v) is 2.19. The van der Waals surface area contributed by atoms with Crippen LogP contribution in [0, 0.1) is 11.3 Å². The molecule has 0 saturated carbocycles. The van der Waals surface area contributed by atoms with Gasteiger partial charge in [-0.25, -0.2) is 9.89 Å².